The van der Waals surface area contributed by atoms with E-state index < -0.39 is 4.92 Å². The zero-order valence-corrected chi connectivity index (χ0v) is 12.0. The molecule has 1 aromatic carbocycles. The standard InChI is InChI=1S/C14H19ClN2O2/c1-9-4-3-5-10(2)14(9)16-11-6-7-13(17(18)19)12(15)8-11/h6-10,14,16H,3-5H2,1-2H3. The molecule has 0 spiro atoms. The van der Waals surface area contributed by atoms with Crippen LogP contribution >= 0.6 is 11.6 Å². The zero-order chi connectivity index (χ0) is 14.0. The second-order valence-electron chi connectivity index (χ2n) is 5.48. The predicted octanol–water partition coefficient (Wildman–Crippen LogP) is 4.48. The molecule has 1 saturated carbocycles. The maximum absolute atomic E-state index is 10.7. The number of hydrogen-bond acceptors (Lipinski definition) is 3. The van der Waals surface area contributed by atoms with Crippen LogP contribution in [0.25, 0.3) is 0 Å². The van der Waals surface area contributed by atoms with E-state index in [1.165, 1.54) is 25.3 Å². The average molecular weight is 283 g/mol. The van der Waals surface area contributed by atoms with Crippen molar-refractivity contribution in [3.8, 4) is 0 Å². The minimum Gasteiger partial charge on any atom is -0.382 e. The Kier molecular flexibility index (Phi) is 4.30. The maximum Gasteiger partial charge on any atom is 0.288 e. The van der Waals surface area contributed by atoms with Gasteiger partial charge < -0.3 is 5.32 Å². The van der Waals surface area contributed by atoms with Gasteiger partial charge in [-0.25, -0.2) is 0 Å². The van der Waals surface area contributed by atoms with Crippen molar-refractivity contribution < 1.29 is 4.92 Å². The molecule has 0 saturated heterocycles. The van der Waals surface area contributed by atoms with Gasteiger partial charge in [0.25, 0.3) is 5.69 Å². The molecule has 1 aliphatic rings. The highest BCUT2D eigenvalue weighted by molar-refractivity contribution is 6.32. The third kappa shape index (κ3) is 3.18. The molecule has 104 valence electrons. The van der Waals surface area contributed by atoms with E-state index in [0.29, 0.717) is 17.9 Å². The molecule has 5 heteroatoms. The number of hydrogen-bond donors (Lipinski definition) is 1. The van der Waals surface area contributed by atoms with E-state index in [1.807, 2.05) is 0 Å². The lowest BCUT2D eigenvalue weighted by atomic mass is 9.78. The Morgan fingerprint density at radius 3 is 2.47 bits per heavy atom. The number of nitro groups is 1. The van der Waals surface area contributed by atoms with Gasteiger partial charge in [0.2, 0.25) is 0 Å². The molecule has 4 nitrogen and oxygen atoms in total. The van der Waals surface area contributed by atoms with Crippen LogP contribution in [0, 0.1) is 22.0 Å². The van der Waals surface area contributed by atoms with Gasteiger partial charge in [-0.2, -0.15) is 0 Å². The molecule has 0 aliphatic heterocycles. The van der Waals surface area contributed by atoms with E-state index in [4.69, 9.17) is 11.6 Å². The molecule has 2 atom stereocenters. The largest absolute Gasteiger partial charge is 0.382 e. The Labute approximate surface area is 118 Å². The quantitative estimate of drug-likeness (QED) is 0.657. The first-order chi connectivity index (χ1) is 8.99. The van der Waals surface area contributed by atoms with Crippen molar-refractivity contribution >= 4 is 23.0 Å². The van der Waals surface area contributed by atoms with Crippen LogP contribution in [0.2, 0.25) is 5.02 Å². The van der Waals surface area contributed by atoms with Crippen molar-refractivity contribution in [2.75, 3.05) is 5.32 Å². The summed E-state index contributed by atoms with van der Waals surface area (Å²) >= 11 is 5.93. The van der Waals surface area contributed by atoms with E-state index in [1.54, 1.807) is 12.1 Å². The van der Waals surface area contributed by atoms with Gasteiger partial charge in [0.1, 0.15) is 5.02 Å². The summed E-state index contributed by atoms with van der Waals surface area (Å²) in [6, 6.07) is 5.25. The monoisotopic (exact) mass is 282 g/mol. The van der Waals surface area contributed by atoms with Crippen LogP contribution in [0.5, 0.6) is 0 Å². The minimum absolute atomic E-state index is 0.0445. The second kappa shape index (κ2) is 5.78. The molecule has 0 heterocycles. The van der Waals surface area contributed by atoms with Gasteiger partial charge in [-0.05, 0) is 36.8 Å². The van der Waals surface area contributed by atoms with Gasteiger partial charge in [0.05, 0.1) is 4.92 Å². The highest BCUT2D eigenvalue weighted by Crippen LogP contribution is 2.33. The van der Waals surface area contributed by atoms with Crippen LogP contribution in [-0.2, 0) is 0 Å². The molecule has 2 rings (SSSR count). The molecule has 1 aromatic rings. The van der Waals surface area contributed by atoms with Gasteiger partial charge in [0, 0.05) is 17.8 Å². The van der Waals surface area contributed by atoms with Crippen molar-refractivity contribution in [1.82, 2.24) is 0 Å². The normalized spacial score (nSPS) is 27.0. The Balaban J connectivity index is 2.14. The molecular formula is C14H19ClN2O2. The SMILES string of the molecule is CC1CCCC(C)C1Nc1ccc([N+](=O)[O-])c(Cl)c1. The lowest BCUT2D eigenvalue weighted by molar-refractivity contribution is -0.384. The van der Waals surface area contributed by atoms with E-state index in [-0.39, 0.29) is 10.7 Å². The van der Waals surface area contributed by atoms with Crippen LogP contribution in [0.4, 0.5) is 11.4 Å². The maximum atomic E-state index is 10.7. The smallest absolute Gasteiger partial charge is 0.288 e. The van der Waals surface area contributed by atoms with Crippen molar-refractivity contribution in [2.24, 2.45) is 11.8 Å². The summed E-state index contributed by atoms with van der Waals surface area (Å²) in [6.45, 7) is 4.50. The average Bonchev–Trinajstić information content (AvgIpc) is 2.33. The van der Waals surface area contributed by atoms with Crippen LogP contribution < -0.4 is 5.32 Å². The van der Waals surface area contributed by atoms with E-state index >= 15 is 0 Å². The van der Waals surface area contributed by atoms with Crippen molar-refractivity contribution in [3.63, 3.8) is 0 Å². The fourth-order valence-corrected chi connectivity index (χ4v) is 3.15. The van der Waals surface area contributed by atoms with Gasteiger partial charge in [-0.1, -0.05) is 31.9 Å². The molecule has 0 radical (unpaired) electrons. The third-order valence-corrected chi connectivity index (χ3v) is 4.33. The number of anilines is 1. The number of nitro benzene ring substituents is 1. The van der Waals surface area contributed by atoms with E-state index in [2.05, 4.69) is 19.2 Å². The Morgan fingerprint density at radius 1 is 1.32 bits per heavy atom. The lowest BCUT2D eigenvalue weighted by Crippen LogP contribution is -2.37. The summed E-state index contributed by atoms with van der Waals surface area (Å²) < 4.78 is 0. The van der Waals surface area contributed by atoms with Crippen molar-refractivity contribution in [3.05, 3.63) is 33.3 Å². The zero-order valence-electron chi connectivity index (χ0n) is 11.2. The summed E-state index contributed by atoms with van der Waals surface area (Å²) in [6.07, 6.45) is 3.73. The fourth-order valence-electron chi connectivity index (χ4n) is 2.90. The molecule has 1 aliphatic carbocycles. The Hall–Kier alpha value is -1.29. The van der Waals surface area contributed by atoms with Crippen LogP contribution in [0.15, 0.2) is 18.2 Å². The molecule has 0 amide bonds. The van der Waals surface area contributed by atoms with Crippen molar-refractivity contribution in [2.45, 2.75) is 39.2 Å². The van der Waals surface area contributed by atoms with Gasteiger partial charge >= 0.3 is 0 Å². The molecular weight excluding hydrogens is 264 g/mol. The summed E-state index contributed by atoms with van der Waals surface area (Å²) in [5.41, 5.74) is 0.818. The topological polar surface area (TPSA) is 55.2 Å². The summed E-state index contributed by atoms with van der Waals surface area (Å²) in [4.78, 5) is 10.3. The van der Waals surface area contributed by atoms with Gasteiger partial charge in [0.15, 0.2) is 0 Å². The molecule has 1 N–H and O–H groups in total. The number of rotatable bonds is 3. The first kappa shape index (κ1) is 14.1. The van der Waals surface area contributed by atoms with Crippen molar-refractivity contribution in [1.29, 1.82) is 0 Å². The summed E-state index contributed by atoms with van der Waals surface area (Å²) in [5, 5.41) is 14.4. The van der Waals surface area contributed by atoms with Crippen LogP contribution in [0.3, 0.4) is 0 Å². The molecule has 0 aromatic heterocycles. The van der Waals surface area contributed by atoms with Gasteiger partial charge in [-0.3, -0.25) is 10.1 Å². The molecule has 19 heavy (non-hydrogen) atoms. The van der Waals surface area contributed by atoms with E-state index in [0.717, 1.165) is 5.69 Å². The van der Waals surface area contributed by atoms with Crippen LogP contribution in [-0.4, -0.2) is 11.0 Å². The fraction of sp³-hybridized carbons (Fsp3) is 0.571. The van der Waals surface area contributed by atoms with E-state index in [9.17, 15) is 10.1 Å². The second-order valence-corrected chi connectivity index (χ2v) is 5.89. The highest BCUT2D eigenvalue weighted by Gasteiger charge is 2.27. The molecule has 1 fully saturated rings. The Morgan fingerprint density at radius 2 is 1.95 bits per heavy atom. The number of nitrogens with zero attached hydrogens (tertiary/aromatic N) is 1. The number of benzene rings is 1. The Bertz CT molecular complexity index is 469. The first-order valence-electron chi connectivity index (χ1n) is 6.69. The molecule has 0 bridgehead atoms. The highest BCUT2D eigenvalue weighted by atomic mass is 35.5. The van der Waals surface area contributed by atoms with Crippen LogP contribution in [0.1, 0.15) is 33.1 Å². The predicted molar refractivity (Wildman–Crippen MR) is 77.7 cm³/mol. The first-order valence-corrected chi connectivity index (χ1v) is 7.07. The summed E-state index contributed by atoms with van der Waals surface area (Å²) in [5.74, 6) is 1.22. The minimum atomic E-state index is -0.460. The van der Waals surface area contributed by atoms with Gasteiger partial charge in [-0.15, -0.1) is 0 Å². The summed E-state index contributed by atoms with van der Waals surface area (Å²) in [7, 11) is 0. The number of halogens is 1. The lowest BCUT2D eigenvalue weighted by Gasteiger charge is -2.35. The number of nitrogens with one attached hydrogen (secondary N) is 1. The third-order valence-electron chi connectivity index (χ3n) is 4.02. The molecule has 2 unspecified atom stereocenters.